The minimum Gasteiger partial charge on any atom is -0.505 e. The van der Waals surface area contributed by atoms with E-state index in [0.29, 0.717) is 0 Å². The summed E-state index contributed by atoms with van der Waals surface area (Å²) >= 11 is 2.55. The topological polar surface area (TPSA) is 33.1 Å². The smallest absolute Gasteiger partial charge is 0.418 e. The number of halogens is 6. The van der Waals surface area contributed by atoms with Crippen LogP contribution in [0.4, 0.5) is 22.0 Å². The molecular weight excluding hydrogens is 289 g/mol. The minimum atomic E-state index is -4.98. The first-order valence-corrected chi connectivity index (χ1v) is 4.27. The van der Waals surface area contributed by atoms with Gasteiger partial charge in [0.15, 0.2) is 5.75 Å². The number of nitrogens with zero attached hydrogens (tertiary/aromatic N) is 1. The lowest BCUT2D eigenvalue weighted by molar-refractivity contribution is -0.140. The Morgan fingerprint density at radius 1 is 1.33 bits per heavy atom. The lowest BCUT2D eigenvalue weighted by atomic mass is 10.1. The van der Waals surface area contributed by atoms with Gasteiger partial charge in [-0.3, -0.25) is 0 Å². The van der Waals surface area contributed by atoms with Crippen molar-refractivity contribution in [2.24, 2.45) is 0 Å². The molecule has 0 saturated carbocycles. The first kappa shape index (κ1) is 12.2. The fourth-order valence-corrected chi connectivity index (χ4v) is 1.25. The third-order valence-corrected chi connectivity index (χ3v) is 2.15. The van der Waals surface area contributed by atoms with E-state index in [1.165, 1.54) is 0 Å². The summed E-state index contributed by atoms with van der Waals surface area (Å²) < 4.78 is 60.8. The molecule has 1 N–H and O–H groups in total. The quantitative estimate of drug-likeness (QED) is 0.634. The van der Waals surface area contributed by atoms with E-state index in [2.05, 4.69) is 20.9 Å². The molecule has 0 fully saturated rings. The number of hydrogen-bond donors (Lipinski definition) is 1. The van der Waals surface area contributed by atoms with Gasteiger partial charge >= 0.3 is 6.18 Å². The summed E-state index contributed by atoms with van der Waals surface area (Å²) in [6.45, 7) is 0. The highest BCUT2D eigenvalue weighted by atomic mass is 79.9. The molecule has 0 amide bonds. The molecule has 15 heavy (non-hydrogen) atoms. The Morgan fingerprint density at radius 2 is 1.87 bits per heavy atom. The zero-order chi connectivity index (χ0) is 11.8. The van der Waals surface area contributed by atoms with Crippen LogP contribution < -0.4 is 0 Å². The molecule has 0 aliphatic carbocycles. The first-order chi connectivity index (χ1) is 6.75. The zero-order valence-electron chi connectivity index (χ0n) is 6.82. The molecule has 2 nitrogen and oxygen atoms in total. The van der Waals surface area contributed by atoms with Gasteiger partial charge in [0.25, 0.3) is 6.43 Å². The predicted molar refractivity (Wildman–Crippen MR) is 43.6 cm³/mol. The molecule has 1 aromatic heterocycles. The molecule has 84 valence electrons. The third-order valence-electron chi connectivity index (χ3n) is 1.57. The number of pyridine rings is 1. The molecule has 0 aromatic carbocycles. The SMILES string of the molecule is Oc1c(Br)ncc(C(F)(F)F)c1C(F)F. The van der Waals surface area contributed by atoms with E-state index in [1.807, 2.05) is 0 Å². The van der Waals surface area contributed by atoms with Crippen LogP contribution in [0.5, 0.6) is 5.75 Å². The lowest BCUT2D eigenvalue weighted by Crippen LogP contribution is -2.10. The molecule has 0 spiro atoms. The van der Waals surface area contributed by atoms with Crippen molar-refractivity contribution in [1.82, 2.24) is 4.98 Å². The largest absolute Gasteiger partial charge is 0.505 e. The van der Waals surface area contributed by atoms with Gasteiger partial charge in [0.05, 0.1) is 11.1 Å². The predicted octanol–water partition coefficient (Wildman–Crippen LogP) is 3.51. The normalized spacial score (nSPS) is 12.2. The van der Waals surface area contributed by atoms with Gasteiger partial charge in [0.2, 0.25) is 0 Å². The van der Waals surface area contributed by atoms with Gasteiger partial charge in [-0.2, -0.15) is 13.2 Å². The molecule has 8 heteroatoms. The minimum absolute atomic E-state index is 0.241. The van der Waals surface area contributed by atoms with Crippen molar-refractivity contribution in [3.63, 3.8) is 0 Å². The lowest BCUT2D eigenvalue weighted by Gasteiger charge is -2.13. The van der Waals surface area contributed by atoms with E-state index in [-0.39, 0.29) is 6.20 Å². The van der Waals surface area contributed by atoms with Crippen LogP contribution in [0, 0.1) is 0 Å². The van der Waals surface area contributed by atoms with Crippen molar-refractivity contribution in [3.8, 4) is 5.75 Å². The molecule has 1 aromatic rings. The average molecular weight is 292 g/mol. The molecule has 0 saturated heterocycles. The van der Waals surface area contributed by atoms with Crippen molar-refractivity contribution in [2.45, 2.75) is 12.6 Å². The molecular formula is C7H3BrF5NO. The van der Waals surface area contributed by atoms with Gasteiger partial charge in [0, 0.05) is 6.20 Å². The molecule has 0 aliphatic heterocycles. The Hall–Kier alpha value is -0.920. The van der Waals surface area contributed by atoms with E-state index in [9.17, 15) is 22.0 Å². The van der Waals surface area contributed by atoms with Crippen LogP contribution in [0.1, 0.15) is 17.6 Å². The van der Waals surface area contributed by atoms with E-state index in [0.717, 1.165) is 0 Å². The second kappa shape index (κ2) is 3.92. The van der Waals surface area contributed by atoms with Crippen LogP contribution in [-0.2, 0) is 6.18 Å². The Bertz CT molecular complexity index is 378. The van der Waals surface area contributed by atoms with Crippen molar-refractivity contribution in [1.29, 1.82) is 0 Å². The van der Waals surface area contributed by atoms with Gasteiger partial charge in [-0.25, -0.2) is 13.8 Å². The number of aromatic nitrogens is 1. The number of alkyl halides is 5. The second-order valence-electron chi connectivity index (χ2n) is 2.52. The van der Waals surface area contributed by atoms with Crippen LogP contribution in [0.3, 0.4) is 0 Å². The Morgan fingerprint density at radius 3 is 2.27 bits per heavy atom. The maximum Gasteiger partial charge on any atom is 0.418 e. The Balaban J connectivity index is 3.47. The van der Waals surface area contributed by atoms with Crippen molar-refractivity contribution < 1.29 is 27.1 Å². The summed E-state index contributed by atoms with van der Waals surface area (Å²) in [5.41, 5.74) is -3.11. The number of rotatable bonds is 1. The molecule has 1 rings (SSSR count). The van der Waals surface area contributed by atoms with E-state index in [4.69, 9.17) is 5.11 Å². The molecule has 0 unspecified atom stereocenters. The molecule has 0 aliphatic rings. The van der Waals surface area contributed by atoms with Gasteiger partial charge in [0.1, 0.15) is 4.60 Å². The van der Waals surface area contributed by atoms with Crippen molar-refractivity contribution in [3.05, 3.63) is 21.9 Å². The van der Waals surface area contributed by atoms with Gasteiger partial charge in [-0.05, 0) is 15.9 Å². The van der Waals surface area contributed by atoms with E-state index in [1.54, 1.807) is 0 Å². The van der Waals surface area contributed by atoms with Crippen molar-refractivity contribution >= 4 is 15.9 Å². The van der Waals surface area contributed by atoms with E-state index < -0.39 is 34.1 Å². The highest BCUT2D eigenvalue weighted by Crippen LogP contribution is 2.42. The first-order valence-electron chi connectivity index (χ1n) is 3.48. The summed E-state index contributed by atoms with van der Waals surface area (Å²) in [4.78, 5) is 3.10. The third kappa shape index (κ3) is 2.36. The maximum atomic E-state index is 12.3. The fourth-order valence-electron chi connectivity index (χ4n) is 0.937. The zero-order valence-corrected chi connectivity index (χ0v) is 8.40. The summed E-state index contributed by atoms with van der Waals surface area (Å²) in [7, 11) is 0. The molecule has 0 bridgehead atoms. The van der Waals surface area contributed by atoms with Gasteiger partial charge < -0.3 is 5.11 Å². The average Bonchev–Trinajstić information content (AvgIpc) is 2.06. The molecule has 1 heterocycles. The van der Waals surface area contributed by atoms with E-state index >= 15 is 0 Å². The summed E-state index contributed by atoms with van der Waals surface area (Å²) in [5.74, 6) is -1.19. The van der Waals surface area contributed by atoms with Crippen LogP contribution in [-0.4, -0.2) is 10.1 Å². The second-order valence-corrected chi connectivity index (χ2v) is 3.27. The van der Waals surface area contributed by atoms with Gasteiger partial charge in [-0.1, -0.05) is 0 Å². The summed E-state index contributed by atoms with van der Waals surface area (Å²) in [6.07, 6.45) is -8.16. The van der Waals surface area contributed by atoms with Crippen LogP contribution in [0.2, 0.25) is 0 Å². The van der Waals surface area contributed by atoms with Crippen LogP contribution in [0.15, 0.2) is 10.8 Å². The standard InChI is InChI=1S/C7H3BrF5NO/c8-5-4(15)3(6(9)10)2(1-14-5)7(11,12)13/h1,6,15H. The summed E-state index contributed by atoms with van der Waals surface area (Å²) in [5, 5.41) is 9.02. The molecule has 0 radical (unpaired) electrons. The van der Waals surface area contributed by atoms with Crippen LogP contribution >= 0.6 is 15.9 Å². The van der Waals surface area contributed by atoms with Gasteiger partial charge in [-0.15, -0.1) is 0 Å². The monoisotopic (exact) mass is 291 g/mol. The molecule has 0 atom stereocenters. The highest BCUT2D eigenvalue weighted by Gasteiger charge is 2.38. The maximum absolute atomic E-state index is 12.3. The number of aromatic hydroxyl groups is 1. The number of hydrogen-bond acceptors (Lipinski definition) is 2. The fraction of sp³-hybridized carbons (Fsp3) is 0.286. The van der Waals surface area contributed by atoms with Crippen molar-refractivity contribution in [2.75, 3.05) is 0 Å². The Labute approximate surface area is 88.9 Å². The Kier molecular flexibility index (Phi) is 3.17. The highest BCUT2D eigenvalue weighted by molar-refractivity contribution is 9.10. The van der Waals surface area contributed by atoms with Crippen LogP contribution in [0.25, 0.3) is 0 Å². The summed E-state index contributed by atoms with van der Waals surface area (Å²) in [6, 6.07) is 0.